The van der Waals surface area contributed by atoms with Crippen LogP contribution >= 0.6 is 0 Å². The Hall–Kier alpha value is -2.99. The molecule has 30 heavy (non-hydrogen) atoms. The fraction of sp³-hybridized carbons (Fsp3) is 0.375. The monoisotopic (exact) mass is 401 g/mol. The minimum atomic E-state index is -0.0114. The SMILES string of the molecule is Cc1cn2cc(-c3ccc4nc(C5CCN(C(C)C)CC5)cc(=O)n4c3)ccc2n1. The molecule has 5 heterocycles. The Morgan fingerprint density at radius 2 is 1.63 bits per heavy atom. The molecule has 0 saturated carbocycles. The maximum absolute atomic E-state index is 12.9. The van der Waals surface area contributed by atoms with Crippen LogP contribution in [0, 0.1) is 6.92 Å². The zero-order valence-electron chi connectivity index (χ0n) is 17.7. The molecule has 1 saturated heterocycles. The summed E-state index contributed by atoms with van der Waals surface area (Å²) in [5.41, 5.74) is 5.57. The fourth-order valence-electron chi connectivity index (χ4n) is 4.50. The number of likely N-dealkylation sites (tertiary alicyclic amines) is 1. The second-order valence-electron chi connectivity index (χ2n) is 8.63. The van der Waals surface area contributed by atoms with Crippen molar-refractivity contribution >= 4 is 11.3 Å². The van der Waals surface area contributed by atoms with Gasteiger partial charge in [0, 0.05) is 42.2 Å². The molecule has 5 rings (SSSR count). The van der Waals surface area contributed by atoms with Crippen LogP contribution in [0.2, 0.25) is 0 Å². The first-order chi connectivity index (χ1) is 14.5. The summed E-state index contributed by atoms with van der Waals surface area (Å²) in [6.07, 6.45) is 8.06. The summed E-state index contributed by atoms with van der Waals surface area (Å²) >= 11 is 0. The molecule has 0 amide bonds. The van der Waals surface area contributed by atoms with Gasteiger partial charge in [0.15, 0.2) is 0 Å². The van der Waals surface area contributed by atoms with Gasteiger partial charge in [-0.15, -0.1) is 0 Å². The van der Waals surface area contributed by atoms with Crippen LogP contribution in [0.1, 0.15) is 44.0 Å². The molecule has 0 spiro atoms. The second kappa shape index (κ2) is 7.36. The van der Waals surface area contributed by atoms with Crippen molar-refractivity contribution in [2.45, 2.75) is 45.6 Å². The molecule has 6 heteroatoms. The van der Waals surface area contributed by atoms with Gasteiger partial charge in [-0.2, -0.15) is 0 Å². The normalized spacial score (nSPS) is 16.1. The van der Waals surface area contributed by atoms with Crippen molar-refractivity contribution in [2.24, 2.45) is 0 Å². The van der Waals surface area contributed by atoms with Gasteiger partial charge in [0.1, 0.15) is 11.3 Å². The summed E-state index contributed by atoms with van der Waals surface area (Å²) in [6.45, 7) is 8.60. The van der Waals surface area contributed by atoms with E-state index in [9.17, 15) is 4.79 Å². The van der Waals surface area contributed by atoms with Crippen LogP contribution in [0.5, 0.6) is 0 Å². The Morgan fingerprint density at radius 3 is 2.37 bits per heavy atom. The van der Waals surface area contributed by atoms with Crippen molar-refractivity contribution in [3.05, 3.63) is 70.7 Å². The highest BCUT2D eigenvalue weighted by Crippen LogP contribution is 2.27. The average Bonchev–Trinajstić information content (AvgIpc) is 3.12. The Labute approximate surface area is 175 Å². The maximum Gasteiger partial charge on any atom is 0.258 e. The molecular weight excluding hydrogens is 374 g/mol. The van der Waals surface area contributed by atoms with E-state index in [-0.39, 0.29) is 5.56 Å². The van der Waals surface area contributed by atoms with Crippen LogP contribution < -0.4 is 5.56 Å². The van der Waals surface area contributed by atoms with Gasteiger partial charge in [0.25, 0.3) is 5.56 Å². The van der Waals surface area contributed by atoms with Crippen molar-refractivity contribution in [2.75, 3.05) is 13.1 Å². The van der Waals surface area contributed by atoms with Crippen molar-refractivity contribution in [1.29, 1.82) is 0 Å². The van der Waals surface area contributed by atoms with E-state index in [0.29, 0.717) is 17.6 Å². The van der Waals surface area contributed by atoms with Gasteiger partial charge >= 0.3 is 0 Å². The maximum atomic E-state index is 12.9. The minimum Gasteiger partial charge on any atom is -0.306 e. The van der Waals surface area contributed by atoms with Gasteiger partial charge in [0.05, 0.1) is 11.4 Å². The third-order valence-electron chi connectivity index (χ3n) is 6.26. The third-order valence-corrected chi connectivity index (χ3v) is 6.26. The standard InChI is InChI=1S/C24H27N5O/c1-16(2)27-10-8-18(9-11-27)21-12-24(30)29-15-20(5-7-23(29)26-21)19-4-6-22-25-17(3)13-28(22)14-19/h4-7,12-16,18H,8-11H2,1-3H3. The predicted octanol–water partition coefficient (Wildman–Crippen LogP) is 3.91. The first-order valence-corrected chi connectivity index (χ1v) is 10.7. The number of aryl methyl sites for hydroxylation is 1. The first-order valence-electron chi connectivity index (χ1n) is 10.7. The number of hydrogen-bond acceptors (Lipinski definition) is 4. The largest absolute Gasteiger partial charge is 0.306 e. The summed E-state index contributed by atoms with van der Waals surface area (Å²) in [4.78, 5) is 24.7. The molecule has 4 aromatic rings. The number of piperidine rings is 1. The van der Waals surface area contributed by atoms with Gasteiger partial charge < -0.3 is 9.30 Å². The van der Waals surface area contributed by atoms with E-state index in [0.717, 1.165) is 54.1 Å². The molecule has 0 aliphatic carbocycles. The van der Waals surface area contributed by atoms with Crippen molar-refractivity contribution in [1.82, 2.24) is 23.7 Å². The lowest BCUT2D eigenvalue weighted by Gasteiger charge is -2.34. The topological polar surface area (TPSA) is 54.9 Å². The molecule has 0 atom stereocenters. The van der Waals surface area contributed by atoms with Gasteiger partial charge in [-0.3, -0.25) is 9.20 Å². The minimum absolute atomic E-state index is 0.0114. The summed E-state index contributed by atoms with van der Waals surface area (Å²) in [6, 6.07) is 10.3. The smallest absolute Gasteiger partial charge is 0.258 e. The third kappa shape index (κ3) is 3.41. The Bertz CT molecular complexity index is 1280. The molecule has 1 aliphatic heterocycles. The van der Waals surface area contributed by atoms with Crippen molar-refractivity contribution in [3.8, 4) is 11.1 Å². The zero-order chi connectivity index (χ0) is 20.8. The molecule has 0 unspecified atom stereocenters. The lowest BCUT2D eigenvalue weighted by molar-refractivity contribution is 0.171. The van der Waals surface area contributed by atoms with Crippen LogP contribution in [0.15, 0.2) is 53.7 Å². The molecule has 0 N–H and O–H groups in total. The van der Waals surface area contributed by atoms with Crippen LogP contribution in [0.3, 0.4) is 0 Å². The molecule has 1 aliphatic rings. The van der Waals surface area contributed by atoms with E-state index in [1.54, 1.807) is 10.5 Å². The number of imidazole rings is 1. The van der Waals surface area contributed by atoms with E-state index in [1.807, 2.05) is 54.2 Å². The van der Waals surface area contributed by atoms with Gasteiger partial charge in [-0.1, -0.05) is 0 Å². The summed E-state index contributed by atoms with van der Waals surface area (Å²) in [5, 5.41) is 0. The Kier molecular flexibility index (Phi) is 4.66. The van der Waals surface area contributed by atoms with Crippen LogP contribution in [-0.2, 0) is 0 Å². The molecule has 0 aromatic carbocycles. The summed E-state index contributed by atoms with van der Waals surface area (Å²) in [5.74, 6) is 0.365. The molecule has 1 fully saturated rings. The van der Waals surface area contributed by atoms with Crippen molar-refractivity contribution in [3.63, 3.8) is 0 Å². The first kappa shape index (κ1) is 19.0. The number of aromatic nitrogens is 4. The Morgan fingerprint density at radius 1 is 0.933 bits per heavy atom. The average molecular weight is 402 g/mol. The van der Waals surface area contributed by atoms with Gasteiger partial charge in [-0.25, -0.2) is 9.97 Å². The summed E-state index contributed by atoms with van der Waals surface area (Å²) < 4.78 is 3.67. The van der Waals surface area contributed by atoms with E-state index < -0.39 is 0 Å². The van der Waals surface area contributed by atoms with Gasteiger partial charge in [0.2, 0.25) is 0 Å². The lowest BCUT2D eigenvalue weighted by Crippen LogP contribution is -2.38. The number of rotatable bonds is 3. The zero-order valence-corrected chi connectivity index (χ0v) is 17.7. The van der Waals surface area contributed by atoms with Crippen LogP contribution in [0.4, 0.5) is 0 Å². The Balaban J connectivity index is 1.47. The number of nitrogens with zero attached hydrogens (tertiary/aromatic N) is 5. The number of hydrogen-bond donors (Lipinski definition) is 0. The fourth-order valence-corrected chi connectivity index (χ4v) is 4.50. The van der Waals surface area contributed by atoms with E-state index in [4.69, 9.17) is 4.98 Å². The quantitative estimate of drug-likeness (QED) is 0.522. The lowest BCUT2D eigenvalue weighted by atomic mass is 9.92. The highest BCUT2D eigenvalue weighted by atomic mass is 16.1. The molecule has 0 bridgehead atoms. The highest BCUT2D eigenvalue weighted by molar-refractivity contribution is 5.65. The van der Waals surface area contributed by atoms with Gasteiger partial charge in [-0.05, 0) is 76.5 Å². The predicted molar refractivity (Wildman–Crippen MR) is 119 cm³/mol. The van der Waals surface area contributed by atoms with Crippen molar-refractivity contribution < 1.29 is 0 Å². The van der Waals surface area contributed by atoms with E-state index in [1.165, 1.54) is 0 Å². The molecule has 6 nitrogen and oxygen atoms in total. The van der Waals surface area contributed by atoms with Crippen LogP contribution in [0.25, 0.3) is 22.4 Å². The van der Waals surface area contributed by atoms with E-state index >= 15 is 0 Å². The summed E-state index contributed by atoms with van der Waals surface area (Å²) in [7, 11) is 0. The van der Waals surface area contributed by atoms with E-state index in [2.05, 4.69) is 23.7 Å². The molecule has 154 valence electrons. The highest BCUT2D eigenvalue weighted by Gasteiger charge is 2.23. The van der Waals surface area contributed by atoms with Crippen LogP contribution in [-0.4, -0.2) is 42.8 Å². The molecular formula is C24H27N5O. The number of fused-ring (bicyclic) bond motifs is 2. The molecule has 0 radical (unpaired) electrons. The molecule has 4 aromatic heterocycles. The number of pyridine rings is 2. The second-order valence-corrected chi connectivity index (χ2v) is 8.63.